The van der Waals surface area contributed by atoms with Crippen molar-refractivity contribution in [3.05, 3.63) is 71.8 Å². The van der Waals surface area contributed by atoms with E-state index in [-0.39, 0.29) is 5.97 Å². The maximum Gasteiger partial charge on any atom is 0.365 e. The van der Waals surface area contributed by atoms with Gasteiger partial charge in [0.05, 0.1) is 11.3 Å². The van der Waals surface area contributed by atoms with Crippen LogP contribution in [0.15, 0.2) is 65.8 Å². The molecule has 4 rings (SSSR count). The fourth-order valence-electron chi connectivity index (χ4n) is 4.14. The minimum atomic E-state index is -0.380. The SMILES string of the molecule is O=C(ON=C1C[C@H]2CCC[C@H](C1)N2Cc1ccccc1)c1ccccc1. The van der Waals surface area contributed by atoms with Gasteiger partial charge in [-0.15, -0.1) is 0 Å². The van der Waals surface area contributed by atoms with Gasteiger partial charge in [0.25, 0.3) is 0 Å². The van der Waals surface area contributed by atoms with Gasteiger partial charge in [0.15, 0.2) is 0 Å². The lowest BCUT2D eigenvalue weighted by atomic mass is 9.83. The third-order valence-electron chi connectivity index (χ3n) is 5.43. The van der Waals surface area contributed by atoms with E-state index in [1.165, 1.54) is 24.8 Å². The lowest BCUT2D eigenvalue weighted by molar-refractivity contribution is 0.0476. The van der Waals surface area contributed by atoms with E-state index in [1.54, 1.807) is 12.1 Å². The second-order valence-corrected chi connectivity index (χ2v) is 7.21. The first-order chi connectivity index (χ1) is 12.8. The first-order valence-electron chi connectivity index (χ1n) is 9.41. The van der Waals surface area contributed by atoms with E-state index in [2.05, 4.69) is 40.4 Å². The molecular formula is C22H24N2O2. The van der Waals surface area contributed by atoms with Gasteiger partial charge in [0, 0.05) is 31.5 Å². The summed E-state index contributed by atoms with van der Waals surface area (Å²) in [4.78, 5) is 19.9. The van der Waals surface area contributed by atoms with Crippen LogP contribution < -0.4 is 0 Å². The van der Waals surface area contributed by atoms with Crippen LogP contribution in [0.4, 0.5) is 0 Å². The molecule has 2 bridgehead atoms. The summed E-state index contributed by atoms with van der Waals surface area (Å²) in [6.07, 6.45) is 5.44. The number of fused-ring (bicyclic) bond motifs is 2. The van der Waals surface area contributed by atoms with Crippen LogP contribution in [0.25, 0.3) is 0 Å². The molecule has 26 heavy (non-hydrogen) atoms. The third kappa shape index (κ3) is 3.86. The summed E-state index contributed by atoms with van der Waals surface area (Å²) >= 11 is 0. The van der Waals surface area contributed by atoms with E-state index in [1.807, 2.05) is 18.2 Å². The van der Waals surface area contributed by atoms with Crippen molar-refractivity contribution < 1.29 is 9.63 Å². The Morgan fingerprint density at radius 1 is 0.962 bits per heavy atom. The normalized spacial score (nSPS) is 22.7. The van der Waals surface area contributed by atoms with Gasteiger partial charge < -0.3 is 4.84 Å². The quantitative estimate of drug-likeness (QED) is 0.607. The molecule has 2 aromatic carbocycles. The molecule has 0 aromatic heterocycles. The highest BCUT2D eigenvalue weighted by atomic mass is 16.7. The number of nitrogens with zero attached hydrogens (tertiary/aromatic N) is 2. The van der Waals surface area contributed by atoms with Crippen molar-refractivity contribution >= 4 is 11.7 Å². The Morgan fingerprint density at radius 2 is 1.58 bits per heavy atom. The predicted octanol–water partition coefficient (Wildman–Crippen LogP) is 4.42. The Balaban J connectivity index is 1.42. The molecule has 0 spiro atoms. The van der Waals surface area contributed by atoms with E-state index in [9.17, 15) is 4.79 Å². The van der Waals surface area contributed by atoms with Crippen molar-refractivity contribution in [2.24, 2.45) is 5.16 Å². The minimum absolute atomic E-state index is 0.380. The zero-order chi connectivity index (χ0) is 17.8. The topological polar surface area (TPSA) is 41.9 Å². The lowest BCUT2D eigenvalue weighted by Crippen LogP contribution is -2.51. The van der Waals surface area contributed by atoms with Gasteiger partial charge >= 0.3 is 5.97 Å². The Bertz CT molecular complexity index is 757. The first kappa shape index (κ1) is 17.0. The molecule has 2 aliphatic heterocycles. The van der Waals surface area contributed by atoms with Crippen molar-refractivity contribution in [3.8, 4) is 0 Å². The van der Waals surface area contributed by atoms with E-state index in [0.29, 0.717) is 17.6 Å². The molecule has 4 heteroatoms. The van der Waals surface area contributed by atoms with Crippen LogP contribution in [-0.4, -0.2) is 28.7 Å². The molecule has 2 fully saturated rings. The summed E-state index contributed by atoms with van der Waals surface area (Å²) in [6, 6.07) is 20.7. The molecule has 2 saturated heterocycles. The van der Waals surface area contributed by atoms with E-state index >= 15 is 0 Å². The summed E-state index contributed by atoms with van der Waals surface area (Å²) in [6.45, 7) is 0.993. The third-order valence-corrected chi connectivity index (χ3v) is 5.43. The number of oxime groups is 1. The second-order valence-electron chi connectivity index (χ2n) is 7.21. The molecule has 2 aromatic rings. The van der Waals surface area contributed by atoms with Gasteiger partial charge in [-0.3, -0.25) is 4.90 Å². The maximum absolute atomic E-state index is 12.1. The maximum atomic E-state index is 12.1. The molecule has 0 radical (unpaired) electrons. The van der Waals surface area contributed by atoms with Gasteiger partial charge in [0.1, 0.15) is 0 Å². The number of carbonyl (C=O) groups is 1. The van der Waals surface area contributed by atoms with E-state index < -0.39 is 0 Å². The van der Waals surface area contributed by atoms with Crippen molar-refractivity contribution in [1.82, 2.24) is 4.90 Å². The first-order valence-corrected chi connectivity index (χ1v) is 9.41. The highest BCUT2D eigenvalue weighted by molar-refractivity contribution is 5.91. The zero-order valence-electron chi connectivity index (χ0n) is 14.9. The van der Waals surface area contributed by atoms with Gasteiger partial charge in [0.2, 0.25) is 0 Å². The smallest absolute Gasteiger partial charge is 0.313 e. The number of piperidine rings is 2. The van der Waals surface area contributed by atoms with Crippen LogP contribution in [0.3, 0.4) is 0 Å². The summed E-state index contributed by atoms with van der Waals surface area (Å²) in [7, 11) is 0. The summed E-state index contributed by atoms with van der Waals surface area (Å²) < 4.78 is 0. The Kier molecular flexibility index (Phi) is 5.12. The Morgan fingerprint density at radius 3 is 2.23 bits per heavy atom. The highest BCUT2D eigenvalue weighted by Crippen LogP contribution is 2.34. The van der Waals surface area contributed by atoms with Crippen LogP contribution in [0.2, 0.25) is 0 Å². The molecule has 2 aliphatic rings. The minimum Gasteiger partial charge on any atom is -0.313 e. The summed E-state index contributed by atoms with van der Waals surface area (Å²) in [5.74, 6) is -0.380. The van der Waals surface area contributed by atoms with Gasteiger partial charge in [-0.1, -0.05) is 60.1 Å². The molecule has 2 atom stereocenters. The monoisotopic (exact) mass is 348 g/mol. The van der Waals surface area contributed by atoms with Crippen LogP contribution >= 0.6 is 0 Å². The number of rotatable bonds is 4. The molecular weight excluding hydrogens is 324 g/mol. The predicted molar refractivity (Wildman–Crippen MR) is 102 cm³/mol. The second kappa shape index (κ2) is 7.83. The molecule has 0 saturated carbocycles. The fourth-order valence-corrected chi connectivity index (χ4v) is 4.14. The summed E-state index contributed by atoms with van der Waals surface area (Å²) in [5.41, 5.74) is 2.92. The van der Waals surface area contributed by atoms with Crippen molar-refractivity contribution in [2.75, 3.05) is 0 Å². The molecule has 134 valence electrons. The zero-order valence-corrected chi connectivity index (χ0v) is 14.9. The van der Waals surface area contributed by atoms with Crippen LogP contribution in [0.5, 0.6) is 0 Å². The Hall–Kier alpha value is -2.46. The van der Waals surface area contributed by atoms with E-state index in [0.717, 1.165) is 25.1 Å². The van der Waals surface area contributed by atoms with Crippen molar-refractivity contribution in [2.45, 2.75) is 50.7 Å². The van der Waals surface area contributed by atoms with Crippen LogP contribution in [0.1, 0.15) is 48.0 Å². The molecule has 0 amide bonds. The van der Waals surface area contributed by atoms with Gasteiger partial charge in [-0.05, 0) is 30.5 Å². The fraction of sp³-hybridized carbons (Fsp3) is 0.364. The average Bonchev–Trinajstić information content (AvgIpc) is 2.68. The van der Waals surface area contributed by atoms with Crippen LogP contribution in [-0.2, 0) is 11.4 Å². The largest absolute Gasteiger partial charge is 0.365 e. The molecule has 0 N–H and O–H groups in total. The number of hydrogen-bond acceptors (Lipinski definition) is 4. The molecule has 0 unspecified atom stereocenters. The Labute approximate surface area is 154 Å². The molecule has 4 nitrogen and oxygen atoms in total. The lowest BCUT2D eigenvalue weighted by Gasteiger charge is -2.46. The van der Waals surface area contributed by atoms with Crippen LogP contribution in [0, 0.1) is 0 Å². The molecule has 2 heterocycles. The van der Waals surface area contributed by atoms with E-state index in [4.69, 9.17) is 4.84 Å². The van der Waals surface area contributed by atoms with Crippen molar-refractivity contribution in [1.29, 1.82) is 0 Å². The van der Waals surface area contributed by atoms with Gasteiger partial charge in [-0.2, -0.15) is 0 Å². The number of hydrogen-bond donors (Lipinski definition) is 0. The number of carbonyl (C=O) groups excluding carboxylic acids is 1. The van der Waals surface area contributed by atoms with Crippen molar-refractivity contribution in [3.63, 3.8) is 0 Å². The molecule has 0 aliphatic carbocycles. The number of benzene rings is 2. The highest BCUT2D eigenvalue weighted by Gasteiger charge is 2.36. The standard InChI is InChI=1S/C22H24N2O2/c25-22(18-10-5-2-6-11-18)26-23-19-14-20-12-7-13-21(15-19)24(20)16-17-8-3-1-4-9-17/h1-6,8-11,20-21H,7,12-16H2/t20-,21-/m1/s1. The summed E-state index contributed by atoms with van der Waals surface area (Å²) in [5, 5.41) is 4.22. The average molecular weight is 348 g/mol. The van der Waals surface area contributed by atoms with Gasteiger partial charge in [-0.25, -0.2) is 4.79 Å².